The van der Waals surface area contributed by atoms with Gasteiger partial charge in [-0.05, 0) is 67.9 Å². The second kappa shape index (κ2) is 9.71. The summed E-state index contributed by atoms with van der Waals surface area (Å²) in [6.07, 6.45) is 4.97. The van der Waals surface area contributed by atoms with Crippen molar-refractivity contribution < 1.29 is 13.2 Å². The van der Waals surface area contributed by atoms with Crippen molar-refractivity contribution in [1.82, 2.24) is 14.6 Å². The van der Waals surface area contributed by atoms with Crippen LogP contribution in [0.25, 0.3) is 11.1 Å². The number of hydrogen-bond acceptors (Lipinski definition) is 4. The number of carbonyl (C=O) groups excluding carboxylic acids is 1. The van der Waals surface area contributed by atoms with Crippen LogP contribution in [0, 0.1) is 0 Å². The molecule has 30 heavy (non-hydrogen) atoms. The molecule has 0 spiro atoms. The van der Waals surface area contributed by atoms with Gasteiger partial charge in [0.25, 0.3) is 5.91 Å². The van der Waals surface area contributed by atoms with Gasteiger partial charge in [-0.3, -0.25) is 9.78 Å². The number of aromatic nitrogens is 1. The maximum absolute atomic E-state index is 12.7. The molecule has 1 aliphatic rings. The molecule has 1 unspecified atom stereocenters. The molecule has 2 heterocycles. The van der Waals surface area contributed by atoms with E-state index in [1.54, 1.807) is 20.0 Å². The highest BCUT2D eigenvalue weighted by atomic mass is 32.2. The van der Waals surface area contributed by atoms with Gasteiger partial charge in [0.2, 0.25) is 10.0 Å². The third-order valence-electron chi connectivity index (χ3n) is 5.65. The minimum absolute atomic E-state index is 0.000714. The van der Waals surface area contributed by atoms with Crippen molar-refractivity contribution in [2.45, 2.75) is 51.2 Å². The number of sulfonamides is 1. The lowest BCUT2D eigenvalue weighted by Crippen LogP contribution is -2.36. The van der Waals surface area contributed by atoms with Crippen molar-refractivity contribution in [3.63, 3.8) is 0 Å². The van der Waals surface area contributed by atoms with E-state index in [4.69, 9.17) is 0 Å². The van der Waals surface area contributed by atoms with Crippen molar-refractivity contribution in [1.29, 1.82) is 0 Å². The zero-order valence-electron chi connectivity index (χ0n) is 18.0. The van der Waals surface area contributed by atoms with Crippen LogP contribution in [0.15, 0.2) is 42.6 Å². The SMILES string of the molecule is CC(CNS(=O)(=O)C(C)C)c1ccc(-c2ccnc(C(=O)N3CCCCC3)c2)cc1. The molecule has 1 aromatic heterocycles. The lowest BCUT2D eigenvalue weighted by Gasteiger charge is -2.26. The van der Waals surface area contributed by atoms with Gasteiger partial charge in [-0.25, -0.2) is 13.1 Å². The molecule has 6 nitrogen and oxygen atoms in total. The molecule has 1 aliphatic heterocycles. The fourth-order valence-electron chi connectivity index (χ4n) is 3.52. The van der Waals surface area contributed by atoms with Gasteiger partial charge in [-0.15, -0.1) is 0 Å². The predicted octanol–water partition coefficient (Wildman–Crippen LogP) is 3.81. The van der Waals surface area contributed by atoms with E-state index >= 15 is 0 Å². The van der Waals surface area contributed by atoms with Crippen LogP contribution >= 0.6 is 0 Å². The Morgan fingerprint density at radius 2 is 1.70 bits per heavy atom. The van der Waals surface area contributed by atoms with E-state index in [9.17, 15) is 13.2 Å². The van der Waals surface area contributed by atoms with Crippen LogP contribution in [0.1, 0.15) is 62.0 Å². The highest BCUT2D eigenvalue weighted by Crippen LogP contribution is 2.24. The fraction of sp³-hybridized carbons (Fsp3) is 0.478. The van der Waals surface area contributed by atoms with Gasteiger partial charge in [0, 0.05) is 25.8 Å². The number of likely N-dealkylation sites (tertiary alicyclic amines) is 1. The zero-order valence-corrected chi connectivity index (χ0v) is 18.8. The Morgan fingerprint density at radius 3 is 2.33 bits per heavy atom. The lowest BCUT2D eigenvalue weighted by atomic mass is 9.97. The first kappa shape index (κ1) is 22.4. The van der Waals surface area contributed by atoms with Crippen LogP contribution in [0.2, 0.25) is 0 Å². The third kappa shape index (κ3) is 5.46. The third-order valence-corrected chi connectivity index (χ3v) is 7.46. The van der Waals surface area contributed by atoms with Crippen LogP contribution in [0.3, 0.4) is 0 Å². The summed E-state index contributed by atoms with van der Waals surface area (Å²) < 4.78 is 26.6. The van der Waals surface area contributed by atoms with Gasteiger partial charge in [0.05, 0.1) is 5.25 Å². The number of rotatable bonds is 7. The molecule has 1 saturated heterocycles. The number of nitrogens with zero attached hydrogens (tertiary/aromatic N) is 2. The Kier molecular flexibility index (Phi) is 7.26. The van der Waals surface area contributed by atoms with Crippen LogP contribution in [-0.4, -0.2) is 49.1 Å². The van der Waals surface area contributed by atoms with E-state index in [1.807, 2.05) is 48.2 Å². The summed E-state index contributed by atoms with van der Waals surface area (Å²) in [5.74, 6) is 0.0560. The Bertz CT molecular complexity index is 965. The van der Waals surface area contributed by atoms with E-state index < -0.39 is 15.3 Å². The van der Waals surface area contributed by atoms with Crippen molar-refractivity contribution in [3.8, 4) is 11.1 Å². The molecule has 2 aromatic rings. The molecule has 3 rings (SSSR count). The number of piperidine rings is 1. The second-order valence-electron chi connectivity index (χ2n) is 8.25. The number of nitrogens with one attached hydrogen (secondary N) is 1. The summed E-state index contributed by atoms with van der Waals surface area (Å²) in [4.78, 5) is 18.9. The first-order valence-corrected chi connectivity index (χ1v) is 12.2. The van der Waals surface area contributed by atoms with E-state index in [0.29, 0.717) is 12.2 Å². The Labute approximate surface area is 179 Å². The van der Waals surface area contributed by atoms with Crippen LogP contribution < -0.4 is 4.72 Å². The lowest BCUT2D eigenvalue weighted by molar-refractivity contribution is 0.0718. The maximum Gasteiger partial charge on any atom is 0.272 e. The predicted molar refractivity (Wildman–Crippen MR) is 120 cm³/mol. The minimum atomic E-state index is -3.27. The Morgan fingerprint density at radius 1 is 1.03 bits per heavy atom. The molecule has 162 valence electrons. The van der Waals surface area contributed by atoms with E-state index in [0.717, 1.165) is 42.6 Å². The van der Waals surface area contributed by atoms with Gasteiger partial charge >= 0.3 is 0 Å². The summed E-state index contributed by atoms with van der Waals surface area (Å²) in [6.45, 7) is 7.31. The van der Waals surface area contributed by atoms with E-state index in [1.165, 1.54) is 6.42 Å². The normalized spacial score (nSPS) is 15.9. The smallest absolute Gasteiger partial charge is 0.272 e. The van der Waals surface area contributed by atoms with Gasteiger partial charge in [0.15, 0.2) is 0 Å². The first-order chi connectivity index (χ1) is 14.3. The zero-order chi connectivity index (χ0) is 21.7. The number of pyridine rings is 1. The monoisotopic (exact) mass is 429 g/mol. The van der Waals surface area contributed by atoms with Crippen molar-refractivity contribution in [2.75, 3.05) is 19.6 Å². The highest BCUT2D eigenvalue weighted by Gasteiger charge is 2.20. The van der Waals surface area contributed by atoms with Crippen molar-refractivity contribution >= 4 is 15.9 Å². The highest BCUT2D eigenvalue weighted by molar-refractivity contribution is 7.90. The molecule has 1 N–H and O–H groups in total. The van der Waals surface area contributed by atoms with Crippen molar-refractivity contribution in [2.24, 2.45) is 0 Å². The van der Waals surface area contributed by atoms with Gasteiger partial charge < -0.3 is 4.90 Å². The van der Waals surface area contributed by atoms with Gasteiger partial charge in [-0.1, -0.05) is 31.2 Å². The minimum Gasteiger partial charge on any atom is -0.337 e. The van der Waals surface area contributed by atoms with Crippen LogP contribution in [-0.2, 0) is 10.0 Å². The number of hydrogen-bond donors (Lipinski definition) is 1. The van der Waals surface area contributed by atoms with E-state index in [-0.39, 0.29) is 11.8 Å². The standard InChI is InChI=1S/C23H31N3O3S/c1-17(2)30(28,29)25-16-18(3)19-7-9-20(10-8-19)21-11-12-24-22(15-21)23(27)26-13-5-4-6-14-26/h7-12,15,17-18,25H,4-6,13-14,16H2,1-3H3. The average molecular weight is 430 g/mol. The van der Waals surface area contributed by atoms with Crippen molar-refractivity contribution in [3.05, 3.63) is 53.9 Å². The van der Waals surface area contributed by atoms with Gasteiger partial charge in [-0.2, -0.15) is 0 Å². The summed E-state index contributed by atoms with van der Waals surface area (Å²) in [5, 5.41) is -0.444. The Balaban J connectivity index is 1.69. The fourth-order valence-corrected chi connectivity index (χ4v) is 4.33. The van der Waals surface area contributed by atoms with Gasteiger partial charge in [0.1, 0.15) is 5.69 Å². The molecule has 0 saturated carbocycles. The molecule has 1 fully saturated rings. The molecule has 0 aliphatic carbocycles. The second-order valence-corrected chi connectivity index (χ2v) is 10.6. The average Bonchev–Trinajstić information content (AvgIpc) is 2.77. The van der Waals surface area contributed by atoms with Crippen LogP contribution in [0.4, 0.5) is 0 Å². The molecule has 7 heteroatoms. The van der Waals surface area contributed by atoms with Crippen LogP contribution in [0.5, 0.6) is 0 Å². The molecule has 1 atom stereocenters. The molecule has 0 bridgehead atoms. The maximum atomic E-state index is 12.7. The summed E-state index contributed by atoms with van der Waals surface area (Å²) in [6, 6.07) is 11.8. The number of amides is 1. The number of benzene rings is 1. The Hall–Kier alpha value is -2.25. The molecule has 1 amide bonds. The summed E-state index contributed by atoms with van der Waals surface area (Å²) in [7, 11) is -3.27. The quantitative estimate of drug-likeness (QED) is 0.726. The molecule has 1 aromatic carbocycles. The summed E-state index contributed by atoms with van der Waals surface area (Å²) >= 11 is 0. The molecule has 0 radical (unpaired) electrons. The first-order valence-electron chi connectivity index (χ1n) is 10.6. The topological polar surface area (TPSA) is 79.4 Å². The largest absolute Gasteiger partial charge is 0.337 e. The van der Waals surface area contributed by atoms with E-state index in [2.05, 4.69) is 9.71 Å². The molecular weight excluding hydrogens is 398 g/mol. The summed E-state index contributed by atoms with van der Waals surface area (Å²) in [5.41, 5.74) is 3.49. The number of carbonyl (C=O) groups is 1. The molecular formula is C23H31N3O3S.